The van der Waals surface area contributed by atoms with Crippen LogP contribution in [0.4, 0.5) is 0 Å². The molecule has 2 aliphatic rings. The number of benzene rings is 2. The summed E-state index contributed by atoms with van der Waals surface area (Å²) >= 11 is 0. The summed E-state index contributed by atoms with van der Waals surface area (Å²) in [5, 5.41) is 7.33. The zero-order valence-electron chi connectivity index (χ0n) is 23.5. The monoisotopic (exact) mass is 531 g/mol. The molecule has 2 aromatic carbocycles. The number of ether oxygens (including phenoxy) is 1. The number of carbonyl (C=O) groups excluding carboxylic acids is 1. The lowest BCUT2D eigenvalue weighted by Gasteiger charge is -2.30. The zero-order chi connectivity index (χ0) is 27.2. The average Bonchev–Trinajstić information content (AvgIpc) is 3.41. The van der Waals surface area contributed by atoms with E-state index in [1.54, 1.807) is 0 Å². The summed E-state index contributed by atoms with van der Waals surface area (Å²) in [5.41, 5.74) is 4.77. The van der Waals surface area contributed by atoms with Crippen molar-refractivity contribution in [1.29, 1.82) is 0 Å². The molecule has 2 saturated heterocycles. The molecule has 0 saturated carbocycles. The maximum atomic E-state index is 12.8. The fourth-order valence-electron chi connectivity index (χ4n) is 5.21. The number of hydrogen-bond acceptors (Lipinski definition) is 7. The largest absolute Gasteiger partial charge is 0.379 e. The standard InChI is InChI=1S/C31H41N5O3/c1-31(2,3)27-10-8-25(9-11-27)29-33-28(39-34-29)22-35-14-12-26(13-15-35)30(37)32-20-23-4-6-24(7-5-23)21-36-16-18-38-19-17-36/h4-11,26H,12-22H2,1-3H3,(H,32,37). The van der Waals surface area contributed by atoms with E-state index in [2.05, 4.69) is 94.6 Å². The van der Waals surface area contributed by atoms with Crippen LogP contribution < -0.4 is 5.32 Å². The van der Waals surface area contributed by atoms with E-state index in [1.807, 2.05) is 0 Å². The molecule has 208 valence electrons. The van der Waals surface area contributed by atoms with Crippen molar-refractivity contribution in [3.05, 3.63) is 71.1 Å². The van der Waals surface area contributed by atoms with E-state index in [-0.39, 0.29) is 17.2 Å². The lowest BCUT2D eigenvalue weighted by atomic mass is 9.87. The molecule has 8 heteroatoms. The highest BCUT2D eigenvalue weighted by molar-refractivity contribution is 5.78. The van der Waals surface area contributed by atoms with Crippen LogP contribution in [0.5, 0.6) is 0 Å². The Bertz CT molecular complexity index is 1200. The van der Waals surface area contributed by atoms with Crippen LogP contribution in [0.3, 0.4) is 0 Å². The number of carbonyl (C=O) groups is 1. The summed E-state index contributed by atoms with van der Waals surface area (Å²) < 4.78 is 11.0. The predicted octanol–water partition coefficient (Wildman–Crippen LogP) is 4.39. The van der Waals surface area contributed by atoms with Crippen LogP contribution in [0.15, 0.2) is 53.1 Å². The molecule has 0 spiro atoms. The zero-order valence-corrected chi connectivity index (χ0v) is 23.5. The number of piperidine rings is 1. The molecular formula is C31H41N5O3. The van der Waals surface area contributed by atoms with Crippen LogP contribution in [-0.2, 0) is 34.6 Å². The van der Waals surface area contributed by atoms with Gasteiger partial charge in [0.2, 0.25) is 17.6 Å². The van der Waals surface area contributed by atoms with Gasteiger partial charge in [0.1, 0.15) is 0 Å². The van der Waals surface area contributed by atoms with Gasteiger partial charge in [-0.05, 0) is 48.0 Å². The minimum Gasteiger partial charge on any atom is -0.379 e. The second kappa shape index (κ2) is 12.4. The second-order valence-electron chi connectivity index (χ2n) is 11.8. The van der Waals surface area contributed by atoms with Crippen molar-refractivity contribution in [2.24, 2.45) is 5.92 Å². The van der Waals surface area contributed by atoms with Crippen LogP contribution in [0.2, 0.25) is 0 Å². The molecule has 2 aliphatic heterocycles. The topological polar surface area (TPSA) is 83.7 Å². The summed E-state index contributed by atoms with van der Waals surface area (Å²) in [6, 6.07) is 16.9. The third-order valence-electron chi connectivity index (χ3n) is 7.79. The molecular weight excluding hydrogens is 490 g/mol. The molecule has 0 aliphatic carbocycles. The van der Waals surface area contributed by atoms with Gasteiger partial charge >= 0.3 is 0 Å². The number of likely N-dealkylation sites (tertiary alicyclic amines) is 1. The van der Waals surface area contributed by atoms with Crippen LogP contribution >= 0.6 is 0 Å². The van der Waals surface area contributed by atoms with Gasteiger partial charge in [0, 0.05) is 37.7 Å². The minimum absolute atomic E-state index is 0.0430. The van der Waals surface area contributed by atoms with E-state index in [0.717, 1.165) is 69.9 Å². The average molecular weight is 532 g/mol. The number of rotatable bonds is 8. The van der Waals surface area contributed by atoms with Crippen molar-refractivity contribution >= 4 is 5.91 Å². The number of nitrogens with one attached hydrogen (secondary N) is 1. The van der Waals surface area contributed by atoms with Gasteiger partial charge in [-0.3, -0.25) is 14.6 Å². The molecule has 0 bridgehead atoms. The Labute approximate surface area is 231 Å². The molecule has 3 aromatic rings. The van der Waals surface area contributed by atoms with Gasteiger partial charge in [0.25, 0.3) is 0 Å². The molecule has 8 nitrogen and oxygen atoms in total. The van der Waals surface area contributed by atoms with E-state index in [9.17, 15) is 4.79 Å². The van der Waals surface area contributed by atoms with Crippen LogP contribution in [-0.4, -0.2) is 65.2 Å². The Balaban J connectivity index is 1.04. The predicted molar refractivity (Wildman–Crippen MR) is 151 cm³/mol. The number of nitrogens with zero attached hydrogens (tertiary/aromatic N) is 4. The first-order chi connectivity index (χ1) is 18.8. The van der Waals surface area contributed by atoms with Crippen molar-refractivity contribution < 1.29 is 14.1 Å². The van der Waals surface area contributed by atoms with Crippen molar-refractivity contribution in [2.45, 2.75) is 58.7 Å². The van der Waals surface area contributed by atoms with E-state index < -0.39 is 0 Å². The third-order valence-corrected chi connectivity index (χ3v) is 7.79. The fraction of sp³-hybridized carbons (Fsp3) is 0.516. The highest BCUT2D eigenvalue weighted by Crippen LogP contribution is 2.25. The van der Waals surface area contributed by atoms with Gasteiger partial charge in [0.15, 0.2) is 0 Å². The minimum atomic E-state index is 0.0430. The van der Waals surface area contributed by atoms with E-state index in [0.29, 0.717) is 24.8 Å². The Kier molecular flexibility index (Phi) is 8.75. The Morgan fingerprint density at radius 2 is 1.54 bits per heavy atom. The van der Waals surface area contributed by atoms with Crippen LogP contribution in [0.25, 0.3) is 11.4 Å². The van der Waals surface area contributed by atoms with E-state index in [4.69, 9.17) is 9.26 Å². The van der Waals surface area contributed by atoms with Crippen molar-refractivity contribution in [1.82, 2.24) is 25.3 Å². The molecule has 2 fully saturated rings. The maximum Gasteiger partial charge on any atom is 0.241 e. The van der Waals surface area contributed by atoms with Crippen molar-refractivity contribution in [3.63, 3.8) is 0 Å². The lowest BCUT2D eigenvalue weighted by Crippen LogP contribution is -2.40. The quantitative estimate of drug-likeness (QED) is 0.461. The molecule has 1 N–H and O–H groups in total. The van der Waals surface area contributed by atoms with Crippen LogP contribution in [0.1, 0.15) is 56.2 Å². The molecule has 3 heterocycles. The Morgan fingerprint density at radius 3 is 2.21 bits per heavy atom. The van der Waals surface area contributed by atoms with Gasteiger partial charge in [0.05, 0.1) is 19.8 Å². The molecule has 39 heavy (non-hydrogen) atoms. The molecule has 0 radical (unpaired) electrons. The normalized spacial score (nSPS) is 17.8. The van der Waals surface area contributed by atoms with E-state index >= 15 is 0 Å². The SMILES string of the molecule is CC(C)(C)c1ccc(-c2noc(CN3CCC(C(=O)NCc4ccc(CN5CCOCC5)cc4)CC3)n2)cc1. The number of morpholine rings is 1. The first kappa shape index (κ1) is 27.5. The second-order valence-corrected chi connectivity index (χ2v) is 11.8. The first-order valence-electron chi connectivity index (χ1n) is 14.1. The van der Waals surface area contributed by atoms with Gasteiger partial charge in [-0.15, -0.1) is 0 Å². The van der Waals surface area contributed by atoms with Crippen molar-refractivity contribution in [2.75, 3.05) is 39.4 Å². The Hall–Kier alpha value is -3.07. The third kappa shape index (κ3) is 7.53. The van der Waals surface area contributed by atoms with Gasteiger partial charge < -0.3 is 14.6 Å². The Morgan fingerprint density at radius 1 is 0.897 bits per heavy atom. The number of aromatic nitrogens is 2. The van der Waals surface area contributed by atoms with E-state index in [1.165, 1.54) is 11.1 Å². The fourth-order valence-corrected chi connectivity index (χ4v) is 5.21. The summed E-state index contributed by atoms with van der Waals surface area (Å²) in [6.07, 6.45) is 1.67. The van der Waals surface area contributed by atoms with Gasteiger partial charge in [-0.2, -0.15) is 4.98 Å². The molecule has 5 rings (SSSR count). The van der Waals surface area contributed by atoms with Crippen LogP contribution in [0, 0.1) is 5.92 Å². The van der Waals surface area contributed by atoms with Gasteiger partial charge in [-0.25, -0.2) is 0 Å². The number of amides is 1. The maximum absolute atomic E-state index is 12.8. The van der Waals surface area contributed by atoms with Crippen molar-refractivity contribution in [3.8, 4) is 11.4 Å². The lowest BCUT2D eigenvalue weighted by molar-refractivity contribution is -0.126. The highest BCUT2D eigenvalue weighted by Gasteiger charge is 2.26. The molecule has 0 unspecified atom stereocenters. The molecule has 0 atom stereocenters. The number of hydrogen-bond donors (Lipinski definition) is 1. The summed E-state index contributed by atoms with van der Waals surface area (Å²) in [5.74, 6) is 1.42. The van der Waals surface area contributed by atoms with Gasteiger partial charge in [-0.1, -0.05) is 74.5 Å². The summed E-state index contributed by atoms with van der Waals surface area (Å²) in [6.45, 7) is 14.0. The first-order valence-corrected chi connectivity index (χ1v) is 14.1. The summed E-state index contributed by atoms with van der Waals surface area (Å²) in [7, 11) is 0. The summed E-state index contributed by atoms with van der Waals surface area (Å²) in [4.78, 5) is 22.1. The highest BCUT2D eigenvalue weighted by atomic mass is 16.5. The smallest absolute Gasteiger partial charge is 0.241 e. The molecule has 1 aromatic heterocycles. The molecule has 1 amide bonds.